The molecular formula is C12H10ClNO2S. The Balaban J connectivity index is 2.18. The molecule has 5 heteroatoms. The SMILES string of the molecule is Cc1ccc(NC(=O)c2ccc(Cl)s2)c(O)c1. The van der Waals surface area contributed by atoms with Crippen molar-refractivity contribution in [1.82, 2.24) is 0 Å². The Kier molecular flexibility index (Phi) is 3.36. The summed E-state index contributed by atoms with van der Waals surface area (Å²) in [6.45, 7) is 1.87. The fourth-order valence-electron chi connectivity index (χ4n) is 1.37. The van der Waals surface area contributed by atoms with E-state index in [1.165, 1.54) is 11.3 Å². The first-order valence-electron chi connectivity index (χ1n) is 4.92. The van der Waals surface area contributed by atoms with E-state index in [4.69, 9.17) is 11.6 Å². The minimum atomic E-state index is -0.277. The molecule has 0 saturated carbocycles. The second-order valence-electron chi connectivity index (χ2n) is 3.58. The molecule has 1 amide bonds. The van der Waals surface area contributed by atoms with Crippen LogP contribution in [-0.2, 0) is 0 Å². The van der Waals surface area contributed by atoms with E-state index < -0.39 is 0 Å². The van der Waals surface area contributed by atoms with Crippen LogP contribution in [0.5, 0.6) is 5.75 Å². The number of phenols is 1. The Labute approximate surface area is 108 Å². The number of amides is 1. The van der Waals surface area contributed by atoms with Crippen molar-refractivity contribution >= 4 is 34.5 Å². The Morgan fingerprint density at radius 3 is 2.71 bits per heavy atom. The van der Waals surface area contributed by atoms with Gasteiger partial charge < -0.3 is 10.4 Å². The van der Waals surface area contributed by atoms with Gasteiger partial charge in [-0.15, -0.1) is 11.3 Å². The molecule has 0 radical (unpaired) electrons. The molecule has 2 rings (SSSR count). The first-order valence-corrected chi connectivity index (χ1v) is 6.12. The van der Waals surface area contributed by atoms with Gasteiger partial charge in [-0.2, -0.15) is 0 Å². The molecule has 2 aromatic rings. The van der Waals surface area contributed by atoms with E-state index in [1.54, 1.807) is 24.3 Å². The number of hydrogen-bond donors (Lipinski definition) is 2. The van der Waals surface area contributed by atoms with Gasteiger partial charge in [-0.1, -0.05) is 17.7 Å². The lowest BCUT2D eigenvalue weighted by Crippen LogP contribution is -2.10. The van der Waals surface area contributed by atoms with E-state index in [-0.39, 0.29) is 11.7 Å². The summed E-state index contributed by atoms with van der Waals surface area (Å²) in [5.41, 5.74) is 1.32. The maximum absolute atomic E-state index is 11.8. The molecule has 0 aliphatic heterocycles. The van der Waals surface area contributed by atoms with Gasteiger partial charge in [-0.3, -0.25) is 4.79 Å². The van der Waals surface area contributed by atoms with Gasteiger partial charge in [-0.05, 0) is 36.8 Å². The van der Waals surface area contributed by atoms with Gasteiger partial charge in [0.2, 0.25) is 0 Å². The number of nitrogens with one attached hydrogen (secondary N) is 1. The van der Waals surface area contributed by atoms with E-state index >= 15 is 0 Å². The highest BCUT2D eigenvalue weighted by Gasteiger charge is 2.10. The summed E-state index contributed by atoms with van der Waals surface area (Å²) in [5, 5.41) is 12.3. The van der Waals surface area contributed by atoms with Crippen LogP contribution >= 0.6 is 22.9 Å². The van der Waals surface area contributed by atoms with Crippen LogP contribution in [0.4, 0.5) is 5.69 Å². The fraction of sp³-hybridized carbons (Fsp3) is 0.0833. The second-order valence-corrected chi connectivity index (χ2v) is 5.29. The molecule has 1 aromatic heterocycles. The summed E-state index contributed by atoms with van der Waals surface area (Å²) < 4.78 is 0.559. The second kappa shape index (κ2) is 4.77. The van der Waals surface area contributed by atoms with Gasteiger partial charge in [0.05, 0.1) is 14.9 Å². The van der Waals surface area contributed by atoms with Crippen LogP contribution in [-0.4, -0.2) is 11.0 Å². The lowest BCUT2D eigenvalue weighted by Gasteiger charge is -2.06. The van der Waals surface area contributed by atoms with Crippen LogP contribution in [0.1, 0.15) is 15.2 Å². The molecule has 3 nitrogen and oxygen atoms in total. The van der Waals surface area contributed by atoms with Crippen molar-refractivity contribution in [3.8, 4) is 5.75 Å². The number of aryl methyl sites for hydroxylation is 1. The molecular weight excluding hydrogens is 258 g/mol. The average molecular weight is 268 g/mol. The lowest BCUT2D eigenvalue weighted by atomic mass is 10.2. The van der Waals surface area contributed by atoms with Crippen LogP contribution in [0.15, 0.2) is 30.3 Å². The highest BCUT2D eigenvalue weighted by molar-refractivity contribution is 7.18. The van der Waals surface area contributed by atoms with Crippen LogP contribution in [0.25, 0.3) is 0 Å². The van der Waals surface area contributed by atoms with Crippen LogP contribution in [0.3, 0.4) is 0 Å². The van der Waals surface area contributed by atoms with Crippen LogP contribution in [0, 0.1) is 6.92 Å². The molecule has 0 spiro atoms. The van der Waals surface area contributed by atoms with Crippen molar-refractivity contribution in [2.45, 2.75) is 6.92 Å². The normalized spacial score (nSPS) is 10.2. The first-order chi connectivity index (χ1) is 8.06. The highest BCUT2D eigenvalue weighted by Crippen LogP contribution is 2.26. The van der Waals surface area contributed by atoms with E-state index in [0.717, 1.165) is 5.56 Å². The number of phenolic OH excluding ortho intramolecular Hbond substituents is 1. The third-order valence-corrected chi connectivity index (χ3v) is 3.43. The number of aromatic hydroxyl groups is 1. The van der Waals surface area contributed by atoms with Gasteiger partial charge in [0, 0.05) is 0 Å². The van der Waals surface area contributed by atoms with Crippen molar-refractivity contribution in [2.75, 3.05) is 5.32 Å². The number of carbonyl (C=O) groups excluding carboxylic acids is 1. The predicted octanol–water partition coefficient (Wildman–Crippen LogP) is 3.67. The Morgan fingerprint density at radius 2 is 2.12 bits per heavy atom. The summed E-state index contributed by atoms with van der Waals surface area (Å²) in [5.74, 6) is -0.220. The summed E-state index contributed by atoms with van der Waals surface area (Å²) in [6.07, 6.45) is 0. The Bertz CT molecular complexity index is 565. The largest absolute Gasteiger partial charge is 0.506 e. The number of rotatable bonds is 2. The monoisotopic (exact) mass is 267 g/mol. The van der Waals surface area contributed by atoms with Crippen molar-refractivity contribution in [1.29, 1.82) is 0 Å². The van der Waals surface area contributed by atoms with Crippen molar-refractivity contribution in [3.05, 3.63) is 45.1 Å². The van der Waals surface area contributed by atoms with Crippen molar-refractivity contribution in [3.63, 3.8) is 0 Å². The Morgan fingerprint density at radius 1 is 1.35 bits per heavy atom. The molecule has 88 valence electrons. The van der Waals surface area contributed by atoms with E-state index in [1.807, 2.05) is 13.0 Å². The van der Waals surface area contributed by atoms with Crippen LogP contribution in [0.2, 0.25) is 4.34 Å². The van der Waals surface area contributed by atoms with E-state index in [9.17, 15) is 9.90 Å². The molecule has 1 aromatic carbocycles. The summed E-state index contributed by atoms with van der Waals surface area (Å²) in [4.78, 5) is 12.3. The van der Waals surface area contributed by atoms with Crippen molar-refractivity contribution < 1.29 is 9.90 Å². The minimum Gasteiger partial charge on any atom is -0.506 e. The molecule has 0 unspecified atom stereocenters. The zero-order chi connectivity index (χ0) is 12.4. The number of anilines is 1. The van der Waals surface area contributed by atoms with Gasteiger partial charge in [0.25, 0.3) is 5.91 Å². The molecule has 2 N–H and O–H groups in total. The van der Waals surface area contributed by atoms with Gasteiger partial charge in [0.15, 0.2) is 0 Å². The maximum Gasteiger partial charge on any atom is 0.265 e. The number of hydrogen-bond acceptors (Lipinski definition) is 3. The third-order valence-electron chi connectivity index (χ3n) is 2.20. The topological polar surface area (TPSA) is 49.3 Å². The zero-order valence-corrected chi connectivity index (χ0v) is 10.6. The molecule has 0 fully saturated rings. The summed E-state index contributed by atoms with van der Waals surface area (Å²) in [6, 6.07) is 8.38. The number of thiophene rings is 1. The molecule has 0 aliphatic rings. The van der Waals surface area contributed by atoms with Gasteiger partial charge >= 0.3 is 0 Å². The quantitative estimate of drug-likeness (QED) is 0.816. The van der Waals surface area contributed by atoms with Gasteiger partial charge in [0.1, 0.15) is 5.75 Å². The summed E-state index contributed by atoms with van der Waals surface area (Å²) in [7, 11) is 0. The number of benzene rings is 1. The van der Waals surface area contributed by atoms with E-state index in [0.29, 0.717) is 14.9 Å². The third kappa shape index (κ3) is 2.78. The minimum absolute atomic E-state index is 0.0565. The standard InChI is InChI=1S/C12H10ClNO2S/c1-7-2-3-8(9(15)6-7)14-12(16)10-4-5-11(13)17-10/h2-6,15H,1H3,(H,14,16). The molecule has 0 aliphatic carbocycles. The molecule has 17 heavy (non-hydrogen) atoms. The molecule has 0 saturated heterocycles. The van der Waals surface area contributed by atoms with Crippen LogP contribution < -0.4 is 5.32 Å². The molecule has 0 atom stereocenters. The summed E-state index contributed by atoms with van der Waals surface area (Å²) >= 11 is 6.94. The first kappa shape index (κ1) is 12.0. The Hall–Kier alpha value is -1.52. The zero-order valence-electron chi connectivity index (χ0n) is 9.03. The fourth-order valence-corrected chi connectivity index (χ4v) is 2.31. The van der Waals surface area contributed by atoms with Crippen molar-refractivity contribution in [2.24, 2.45) is 0 Å². The van der Waals surface area contributed by atoms with Gasteiger partial charge in [-0.25, -0.2) is 0 Å². The number of carbonyl (C=O) groups is 1. The average Bonchev–Trinajstić information content (AvgIpc) is 2.69. The maximum atomic E-state index is 11.8. The lowest BCUT2D eigenvalue weighted by molar-refractivity contribution is 0.103. The van der Waals surface area contributed by atoms with E-state index in [2.05, 4.69) is 5.32 Å². The highest BCUT2D eigenvalue weighted by atomic mass is 35.5. The smallest absolute Gasteiger partial charge is 0.265 e. The predicted molar refractivity (Wildman–Crippen MR) is 70.1 cm³/mol. The molecule has 1 heterocycles. The molecule has 0 bridgehead atoms. The number of halogens is 1.